The highest BCUT2D eigenvalue weighted by Crippen LogP contribution is 2.14. The molecule has 3 heteroatoms. The summed E-state index contributed by atoms with van der Waals surface area (Å²) in [6.45, 7) is 2.50. The van der Waals surface area contributed by atoms with Gasteiger partial charge in [-0.05, 0) is 24.6 Å². The second kappa shape index (κ2) is 3.73. The molecule has 1 aromatic rings. The lowest BCUT2D eigenvalue weighted by molar-refractivity contribution is 0.0368. The number of rotatable bonds is 3. The molecule has 0 heterocycles. The molecule has 0 fully saturated rings. The Morgan fingerprint density at radius 3 is 2.62 bits per heavy atom. The molecular formula is C10H13F2N. The van der Waals surface area contributed by atoms with Crippen LogP contribution in [0.3, 0.4) is 0 Å². The van der Waals surface area contributed by atoms with Crippen LogP contribution in [0, 0.1) is 6.92 Å². The summed E-state index contributed by atoms with van der Waals surface area (Å²) in [6.07, 6.45) is 0. The van der Waals surface area contributed by atoms with Crippen molar-refractivity contribution in [1.82, 2.24) is 0 Å². The summed E-state index contributed by atoms with van der Waals surface area (Å²) in [4.78, 5) is 0. The van der Waals surface area contributed by atoms with Gasteiger partial charge in [0.15, 0.2) is 0 Å². The molecule has 72 valence electrons. The van der Waals surface area contributed by atoms with Gasteiger partial charge < -0.3 is 5.32 Å². The summed E-state index contributed by atoms with van der Waals surface area (Å²) >= 11 is 0. The van der Waals surface area contributed by atoms with Crippen LogP contribution in [0.4, 0.5) is 14.5 Å². The van der Waals surface area contributed by atoms with E-state index in [-0.39, 0.29) is 6.54 Å². The Hall–Kier alpha value is -1.12. The standard InChI is InChI=1S/C10H13F2N/c1-8-4-3-5-9(6-8)13-7-10(2,11)12/h3-6,13H,7H2,1-2H3. The molecule has 0 bridgehead atoms. The molecule has 0 spiro atoms. The van der Waals surface area contributed by atoms with Gasteiger partial charge in [-0.15, -0.1) is 0 Å². The Balaban J connectivity index is 2.55. The third-order valence-electron chi connectivity index (χ3n) is 1.62. The van der Waals surface area contributed by atoms with E-state index >= 15 is 0 Å². The predicted octanol–water partition coefficient (Wildman–Crippen LogP) is 3.06. The Bertz CT molecular complexity index is 278. The van der Waals surface area contributed by atoms with E-state index in [1.807, 2.05) is 25.1 Å². The first-order chi connectivity index (χ1) is 5.97. The second-order valence-corrected chi connectivity index (χ2v) is 3.29. The fraction of sp³-hybridized carbons (Fsp3) is 0.400. The van der Waals surface area contributed by atoms with Gasteiger partial charge in [-0.2, -0.15) is 0 Å². The normalized spacial score (nSPS) is 11.4. The number of aryl methyl sites for hydroxylation is 1. The fourth-order valence-corrected chi connectivity index (χ4v) is 1.01. The lowest BCUT2D eigenvalue weighted by atomic mass is 10.2. The van der Waals surface area contributed by atoms with E-state index in [0.717, 1.165) is 18.2 Å². The minimum absolute atomic E-state index is 0.323. The van der Waals surface area contributed by atoms with Crippen LogP contribution in [0.1, 0.15) is 12.5 Å². The van der Waals surface area contributed by atoms with Crippen LogP contribution in [0.25, 0.3) is 0 Å². The Kier molecular flexibility index (Phi) is 2.86. The quantitative estimate of drug-likeness (QED) is 0.763. The van der Waals surface area contributed by atoms with Crippen molar-refractivity contribution in [3.63, 3.8) is 0 Å². The maximum Gasteiger partial charge on any atom is 0.262 e. The largest absolute Gasteiger partial charge is 0.379 e. The van der Waals surface area contributed by atoms with Crippen LogP contribution in [0.15, 0.2) is 24.3 Å². The minimum Gasteiger partial charge on any atom is -0.379 e. The third-order valence-corrected chi connectivity index (χ3v) is 1.62. The zero-order valence-electron chi connectivity index (χ0n) is 7.77. The van der Waals surface area contributed by atoms with Gasteiger partial charge in [0.2, 0.25) is 0 Å². The highest BCUT2D eigenvalue weighted by molar-refractivity contribution is 5.45. The van der Waals surface area contributed by atoms with Crippen molar-refractivity contribution in [3.05, 3.63) is 29.8 Å². The summed E-state index contributed by atoms with van der Waals surface area (Å²) in [5, 5.41) is 2.68. The lowest BCUT2D eigenvalue weighted by Gasteiger charge is -2.12. The number of halogens is 2. The van der Waals surface area contributed by atoms with Gasteiger partial charge in [0, 0.05) is 12.6 Å². The number of benzene rings is 1. The fourth-order valence-electron chi connectivity index (χ4n) is 1.01. The maximum absolute atomic E-state index is 12.4. The molecule has 0 aromatic heterocycles. The molecule has 0 saturated heterocycles. The Morgan fingerprint density at radius 1 is 1.38 bits per heavy atom. The predicted molar refractivity (Wildman–Crippen MR) is 50.3 cm³/mol. The van der Waals surface area contributed by atoms with E-state index in [2.05, 4.69) is 5.32 Å². The monoisotopic (exact) mass is 185 g/mol. The van der Waals surface area contributed by atoms with Gasteiger partial charge in [0.1, 0.15) is 0 Å². The van der Waals surface area contributed by atoms with Gasteiger partial charge in [0.25, 0.3) is 5.92 Å². The van der Waals surface area contributed by atoms with E-state index in [1.54, 1.807) is 6.07 Å². The number of anilines is 1. The van der Waals surface area contributed by atoms with Crippen molar-refractivity contribution in [2.75, 3.05) is 11.9 Å². The van der Waals surface area contributed by atoms with E-state index in [4.69, 9.17) is 0 Å². The molecule has 0 saturated carbocycles. The van der Waals surface area contributed by atoms with Crippen LogP contribution in [0.2, 0.25) is 0 Å². The lowest BCUT2D eigenvalue weighted by Crippen LogP contribution is -2.22. The molecule has 1 nitrogen and oxygen atoms in total. The first-order valence-corrected chi connectivity index (χ1v) is 4.16. The van der Waals surface area contributed by atoms with Crippen molar-refractivity contribution >= 4 is 5.69 Å². The molecule has 0 amide bonds. The van der Waals surface area contributed by atoms with Crippen LogP contribution in [0.5, 0.6) is 0 Å². The molecule has 1 N–H and O–H groups in total. The van der Waals surface area contributed by atoms with Crippen LogP contribution >= 0.6 is 0 Å². The maximum atomic E-state index is 12.4. The summed E-state index contributed by atoms with van der Waals surface area (Å²) < 4.78 is 24.9. The Morgan fingerprint density at radius 2 is 2.08 bits per heavy atom. The topological polar surface area (TPSA) is 12.0 Å². The van der Waals surface area contributed by atoms with Crippen molar-refractivity contribution < 1.29 is 8.78 Å². The molecular weight excluding hydrogens is 172 g/mol. The van der Waals surface area contributed by atoms with Crippen molar-refractivity contribution in [2.45, 2.75) is 19.8 Å². The molecule has 0 radical (unpaired) electrons. The highest BCUT2D eigenvalue weighted by atomic mass is 19.3. The zero-order chi connectivity index (χ0) is 9.90. The van der Waals surface area contributed by atoms with Gasteiger partial charge in [0.05, 0.1) is 6.54 Å². The average Bonchev–Trinajstić information content (AvgIpc) is 2.00. The minimum atomic E-state index is -2.66. The first-order valence-electron chi connectivity index (χ1n) is 4.16. The molecule has 0 aliphatic rings. The number of alkyl halides is 2. The van der Waals surface area contributed by atoms with Gasteiger partial charge in [-0.25, -0.2) is 8.78 Å². The third kappa shape index (κ3) is 3.87. The summed E-state index contributed by atoms with van der Waals surface area (Å²) in [5.41, 5.74) is 1.80. The molecule has 1 rings (SSSR count). The molecule has 13 heavy (non-hydrogen) atoms. The number of hydrogen-bond acceptors (Lipinski definition) is 1. The number of hydrogen-bond donors (Lipinski definition) is 1. The van der Waals surface area contributed by atoms with Crippen molar-refractivity contribution in [1.29, 1.82) is 0 Å². The highest BCUT2D eigenvalue weighted by Gasteiger charge is 2.19. The van der Waals surface area contributed by atoms with Gasteiger partial charge in [-0.1, -0.05) is 12.1 Å². The number of nitrogens with one attached hydrogen (secondary N) is 1. The summed E-state index contributed by atoms with van der Waals surface area (Å²) in [6, 6.07) is 7.38. The van der Waals surface area contributed by atoms with E-state index in [9.17, 15) is 8.78 Å². The summed E-state index contributed by atoms with van der Waals surface area (Å²) in [7, 11) is 0. The molecule has 0 atom stereocenters. The Labute approximate surface area is 76.8 Å². The molecule has 0 aliphatic heterocycles. The molecule has 1 aromatic carbocycles. The van der Waals surface area contributed by atoms with E-state index in [1.165, 1.54) is 0 Å². The first kappa shape index (κ1) is 9.96. The van der Waals surface area contributed by atoms with Gasteiger partial charge in [-0.3, -0.25) is 0 Å². The average molecular weight is 185 g/mol. The van der Waals surface area contributed by atoms with Crippen LogP contribution in [-0.4, -0.2) is 12.5 Å². The zero-order valence-corrected chi connectivity index (χ0v) is 7.77. The van der Waals surface area contributed by atoms with Crippen molar-refractivity contribution in [2.24, 2.45) is 0 Å². The van der Waals surface area contributed by atoms with Gasteiger partial charge >= 0.3 is 0 Å². The smallest absolute Gasteiger partial charge is 0.262 e. The molecule has 0 unspecified atom stereocenters. The van der Waals surface area contributed by atoms with E-state index < -0.39 is 5.92 Å². The SMILES string of the molecule is Cc1cccc(NCC(C)(F)F)c1. The van der Waals surface area contributed by atoms with Crippen LogP contribution < -0.4 is 5.32 Å². The van der Waals surface area contributed by atoms with E-state index in [0.29, 0.717) is 0 Å². The summed E-state index contributed by atoms with van der Waals surface area (Å²) in [5.74, 6) is -2.66. The second-order valence-electron chi connectivity index (χ2n) is 3.29. The van der Waals surface area contributed by atoms with Crippen molar-refractivity contribution in [3.8, 4) is 0 Å². The van der Waals surface area contributed by atoms with Crippen LogP contribution in [-0.2, 0) is 0 Å². The molecule has 0 aliphatic carbocycles.